The molecule has 0 spiro atoms. The van der Waals surface area contributed by atoms with E-state index >= 15 is 0 Å². The molecular weight excluding hydrogens is 458 g/mol. The predicted octanol–water partition coefficient (Wildman–Crippen LogP) is 5.26. The van der Waals surface area contributed by atoms with Crippen LogP contribution in [0.4, 0.5) is 5.13 Å². The number of thiazole rings is 1. The van der Waals surface area contributed by atoms with E-state index < -0.39 is 0 Å². The normalized spacial score (nSPS) is 16.4. The fraction of sp³-hybridized carbons (Fsp3) is 0.304. The van der Waals surface area contributed by atoms with Crippen molar-refractivity contribution in [1.82, 2.24) is 20.1 Å². The third kappa shape index (κ3) is 5.11. The van der Waals surface area contributed by atoms with Gasteiger partial charge >= 0.3 is 0 Å². The number of fused-ring (bicyclic) bond motifs is 1. The molecule has 5 rings (SSSR count). The molecule has 1 amide bonds. The smallest absolute Gasteiger partial charge is 0.233 e. The Balaban J connectivity index is 1.13. The Kier molecular flexibility index (Phi) is 6.66. The van der Waals surface area contributed by atoms with Crippen LogP contribution in [0, 0.1) is 0 Å². The van der Waals surface area contributed by atoms with Crippen LogP contribution >= 0.6 is 34.4 Å². The topological polar surface area (TPSA) is 71.0 Å². The van der Waals surface area contributed by atoms with Crippen molar-refractivity contribution in [3.63, 3.8) is 0 Å². The van der Waals surface area contributed by atoms with Crippen molar-refractivity contribution in [1.29, 1.82) is 0 Å². The monoisotopic (exact) mass is 481 g/mol. The molecule has 0 aliphatic carbocycles. The molecular formula is C23H23N5OS3. The lowest BCUT2D eigenvalue weighted by Crippen LogP contribution is -2.40. The number of piperidine rings is 1. The number of thioether (sulfide) groups is 1. The second-order valence-electron chi connectivity index (χ2n) is 7.70. The molecule has 2 aromatic heterocycles. The minimum Gasteiger partial charge on any atom is -0.356 e. The molecule has 1 N–H and O–H groups in total. The van der Waals surface area contributed by atoms with E-state index in [9.17, 15) is 4.79 Å². The molecule has 0 saturated carbocycles. The Morgan fingerprint density at radius 3 is 2.81 bits per heavy atom. The second kappa shape index (κ2) is 9.97. The number of likely N-dealkylation sites (tertiary alicyclic amines) is 1. The third-order valence-corrected chi connectivity index (χ3v) is 8.64. The van der Waals surface area contributed by atoms with Gasteiger partial charge in [0.05, 0.1) is 21.0 Å². The molecule has 32 heavy (non-hydrogen) atoms. The first-order valence-corrected chi connectivity index (χ1v) is 13.2. The van der Waals surface area contributed by atoms with Gasteiger partial charge in [0.25, 0.3) is 0 Å². The molecule has 1 atom stereocenters. The minimum absolute atomic E-state index is 0.162. The van der Waals surface area contributed by atoms with Crippen LogP contribution in [0.1, 0.15) is 29.3 Å². The Bertz CT molecular complexity index is 1160. The first kappa shape index (κ1) is 21.4. The minimum atomic E-state index is 0.162. The summed E-state index contributed by atoms with van der Waals surface area (Å²) in [5.74, 6) is 0.875. The van der Waals surface area contributed by atoms with Gasteiger partial charge in [-0.05, 0) is 30.5 Å². The largest absolute Gasteiger partial charge is 0.356 e. The molecule has 1 aliphatic heterocycles. The highest BCUT2D eigenvalue weighted by molar-refractivity contribution is 8.01. The van der Waals surface area contributed by atoms with E-state index in [1.165, 1.54) is 33.4 Å². The first-order chi connectivity index (χ1) is 15.7. The molecule has 1 fully saturated rings. The standard InChI is InChI=1S/C23H23N5OS3/c29-20(15-30-23-27-26-22(32-23)24-13-16-7-2-1-3-8-16)28-12-6-9-17(14-28)21-25-18-10-4-5-11-19(18)31-21/h1-5,7-8,10-11,17H,6,9,12-15H2,(H,24,26). The van der Waals surface area contributed by atoms with Gasteiger partial charge in [-0.3, -0.25) is 4.79 Å². The first-order valence-electron chi connectivity index (χ1n) is 10.6. The van der Waals surface area contributed by atoms with Gasteiger partial charge in [-0.1, -0.05) is 65.6 Å². The molecule has 6 nitrogen and oxygen atoms in total. The van der Waals surface area contributed by atoms with Gasteiger partial charge < -0.3 is 10.2 Å². The summed E-state index contributed by atoms with van der Waals surface area (Å²) in [5, 5.41) is 13.6. The summed E-state index contributed by atoms with van der Waals surface area (Å²) in [6.45, 7) is 2.28. The number of carbonyl (C=O) groups is 1. The summed E-state index contributed by atoms with van der Waals surface area (Å²) in [6, 6.07) is 18.4. The predicted molar refractivity (Wildman–Crippen MR) is 133 cm³/mol. The van der Waals surface area contributed by atoms with Crippen molar-refractivity contribution < 1.29 is 4.79 Å². The highest BCUT2D eigenvalue weighted by atomic mass is 32.2. The van der Waals surface area contributed by atoms with Crippen LogP contribution in [0.2, 0.25) is 0 Å². The maximum absolute atomic E-state index is 12.9. The van der Waals surface area contributed by atoms with Gasteiger partial charge in [-0.15, -0.1) is 21.5 Å². The number of rotatable bonds is 7. The summed E-state index contributed by atoms with van der Waals surface area (Å²) < 4.78 is 2.03. The van der Waals surface area contributed by atoms with Crippen LogP contribution in [0.25, 0.3) is 10.2 Å². The maximum atomic E-state index is 12.9. The number of nitrogens with one attached hydrogen (secondary N) is 1. The van der Waals surface area contributed by atoms with E-state index in [1.54, 1.807) is 11.3 Å². The van der Waals surface area contributed by atoms with Crippen LogP contribution < -0.4 is 5.32 Å². The number of anilines is 1. The van der Waals surface area contributed by atoms with E-state index in [2.05, 4.69) is 39.8 Å². The van der Waals surface area contributed by atoms with E-state index in [4.69, 9.17) is 4.98 Å². The van der Waals surface area contributed by atoms with Crippen LogP contribution in [0.5, 0.6) is 0 Å². The molecule has 3 heterocycles. The molecule has 0 bridgehead atoms. The molecule has 0 radical (unpaired) electrons. The molecule has 1 saturated heterocycles. The van der Waals surface area contributed by atoms with Crippen LogP contribution in [-0.2, 0) is 11.3 Å². The molecule has 9 heteroatoms. The van der Waals surface area contributed by atoms with Crippen LogP contribution in [-0.4, -0.2) is 44.8 Å². The fourth-order valence-electron chi connectivity index (χ4n) is 3.80. The van der Waals surface area contributed by atoms with Gasteiger partial charge in [-0.25, -0.2) is 4.98 Å². The van der Waals surface area contributed by atoms with Crippen molar-refractivity contribution in [2.75, 3.05) is 24.2 Å². The van der Waals surface area contributed by atoms with Crippen LogP contribution in [0.15, 0.2) is 58.9 Å². The summed E-state index contributed by atoms with van der Waals surface area (Å²) >= 11 is 4.71. The van der Waals surface area contributed by atoms with Gasteiger partial charge in [0, 0.05) is 25.6 Å². The Morgan fingerprint density at radius 2 is 1.94 bits per heavy atom. The quantitative estimate of drug-likeness (QED) is 0.363. The zero-order valence-corrected chi connectivity index (χ0v) is 19.9. The summed E-state index contributed by atoms with van der Waals surface area (Å²) in [7, 11) is 0. The lowest BCUT2D eigenvalue weighted by molar-refractivity contribution is -0.129. The van der Waals surface area contributed by atoms with Crippen molar-refractivity contribution in [2.45, 2.75) is 29.6 Å². The number of para-hydroxylation sites is 1. The lowest BCUT2D eigenvalue weighted by atomic mass is 9.99. The fourth-order valence-corrected chi connectivity index (χ4v) is 6.54. The maximum Gasteiger partial charge on any atom is 0.233 e. The highest BCUT2D eigenvalue weighted by Crippen LogP contribution is 2.33. The van der Waals surface area contributed by atoms with Crippen molar-refractivity contribution in [3.8, 4) is 0 Å². The van der Waals surface area contributed by atoms with Gasteiger partial charge in [0.2, 0.25) is 11.0 Å². The zero-order valence-electron chi connectivity index (χ0n) is 17.4. The molecule has 164 valence electrons. The van der Waals surface area contributed by atoms with Gasteiger partial charge in [0.15, 0.2) is 4.34 Å². The van der Waals surface area contributed by atoms with E-state index in [-0.39, 0.29) is 5.91 Å². The second-order valence-corrected chi connectivity index (χ2v) is 11.0. The number of benzene rings is 2. The highest BCUT2D eigenvalue weighted by Gasteiger charge is 2.27. The SMILES string of the molecule is O=C(CSc1nnc(NCc2ccccc2)s1)N1CCCC(c2nc3ccccc3s2)C1. The van der Waals surface area contributed by atoms with Gasteiger partial charge in [-0.2, -0.15) is 0 Å². The molecule has 1 unspecified atom stereocenters. The Hall–Kier alpha value is -2.49. The molecule has 2 aromatic carbocycles. The van der Waals surface area contributed by atoms with Crippen molar-refractivity contribution in [3.05, 3.63) is 65.2 Å². The van der Waals surface area contributed by atoms with Crippen molar-refractivity contribution >= 4 is 55.7 Å². The van der Waals surface area contributed by atoms with Crippen LogP contribution in [0.3, 0.4) is 0 Å². The van der Waals surface area contributed by atoms with E-state index in [0.717, 1.165) is 45.9 Å². The summed E-state index contributed by atoms with van der Waals surface area (Å²) in [6.07, 6.45) is 2.10. The Labute approximate surface area is 199 Å². The number of hydrogen-bond acceptors (Lipinski definition) is 8. The Morgan fingerprint density at radius 1 is 1.09 bits per heavy atom. The average Bonchev–Trinajstić information content (AvgIpc) is 3.49. The average molecular weight is 482 g/mol. The van der Waals surface area contributed by atoms with E-state index in [1.807, 2.05) is 35.2 Å². The molecule has 1 aliphatic rings. The van der Waals surface area contributed by atoms with E-state index in [0.29, 0.717) is 18.2 Å². The third-order valence-electron chi connectivity index (χ3n) is 5.45. The summed E-state index contributed by atoms with van der Waals surface area (Å²) in [5.41, 5.74) is 2.25. The number of amides is 1. The zero-order chi connectivity index (χ0) is 21.8. The van der Waals surface area contributed by atoms with Gasteiger partial charge in [0.1, 0.15) is 0 Å². The molecule has 4 aromatic rings. The number of nitrogens with zero attached hydrogens (tertiary/aromatic N) is 4. The number of aromatic nitrogens is 3. The number of hydrogen-bond donors (Lipinski definition) is 1. The lowest BCUT2D eigenvalue weighted by Gasteiger charge is -2.31. The number of carbonyl (C=O) groups excluding carboxylic acids is 1. The summed E-state index contributed by atoms with van der Waals surface area (Å²) in [4.78, 5) is 19.7. The van der Waals surface area contributed by atoms with Crippen molar-refractivity contribution in [2.24, 2.45) is 0 Å².